The number of carbonyl (C=O) groups is 2. The molecule has 1 amide bonds. The van der Waals surface area contributed by atoms with Crippen LogP contribution in [0.1, 0.15) is 16.1 Å². The van der Waals surface area contributed by atoms with E-state index in [4.69, 9.17) is 4.42 Å². The van der Waals surface area contributed by atoms with E-state index in [0.717, 1.165) is 0 Å². The number of benzene rings is 1. The third-order valence-corrected chi connectivity index (χ3v) is 4.23. The predicted molar refractivity (Wildman–Crippen MR) is 87.5 cm³/mol. The van der Waals surface area contributed by atoms with Gasteiger partial charge in [0.15, 0.2) is 5.17 Å². The topological polar surface area (TPSA) is 83.1 Å². The van der Waals surface area contributed by atoms with Gasteiger partial charge >= 0.3 is 5.97 Å². The Balaban J connectivity index is 1.96. The average Bonchev–Trinajstić information content (AvgIpc) is 3.13. The van der Waals surface area contributed by atoms with Crippen molar-refractivity contribution in [3.8, 4) is 0 Å². The first-order chi connectivity index (χ1) is 11.1. The largest absolute Gasteiger partial charge is 0.478 e. The Morgan fingerprint density at radius 2 is 2.09 bits per heavy atom. The number of likely N-dealkylation sites (N-methyl/N-ethyl adjacent to an activating group) is 1. The highest BCUT2D eigenvalue weighted by Gasteiger charge is 2.31. The number of amidine groups is 1. The number of carboxylic acids is 1. The maximum atomic E-state index is 12.2. The number of carbonyl (C=O) groups excluding carboxylic acids is 1. The maximum absolute atomic E-state index is 12.2. The molecule has 2 heterocycles. The Labute approximate surface area is 136 Å². The lowest BCUT2D eigenvalue weighted by Gasteiger charge is -2.08. The molecule has 0 bridgehead atoms. The first-order valence-corrected chi connectivity index (χ1v) is 7.50. The zero-order valence-corrected chi connectivity index (χ0v) is 12.9. The Morgan fingerprint density at radius 1 is 1.30 bits per heavy atom. The number of amides is 1. The van der Waals surface area contributed by atoms with Crippen LogP contribution in [0.25, 0.3) is 6.08 Å². The molecule has 7 heteroatoms. The summed E-state index contributed by atoms with van der Waals surface area (Å²) in [4.78, 5) is 29.7. The van der Waals surface area contributed by atoms with Crippen molar-refractivity contribution in [1.82, 2.24) is 4.90 Å². The molecule has 1 aromatic carbocycles. The van der Waals surface area contributed by atoms with E-state index in [9.17, 15) is 14.7 Å². The number of carboxylic acid groups (broad SMARTS) is 1. The van der Waals surface area contributed by atoms with Gasteiger partial charge in [-0.1, -0.05) is 12.1 Å². The van der Waals surface area contributed by atoms with Gasteiger partial charge in [0, 0.05) is 13.1 Å². The number of thioether (sulfide) groups is 1. The number of aliphatic imine (C=N–C) groups is 1. The van der Waals surface area contributed by atoms with Gasteiger partial charge < -0.3 is 9.52 Å². The second-order valence-electron chi connectivity index (χ2n) is 4.71. The second-order valence-corrected chi connectivity index (χ2v) is 5.72. The van der Waals surface area contributed by atoms with Gasteiger partial charge in [0.1, 0.15) is 5.76 Å². The molecule has 0 aliphatic carbocycles. The third kappa shape index (κ3) is 3.04. The molecule has 116 valence electrons. The van der Waals surface area contributed by atoms with Crippen LogP contribution in [0.2, 0.25) is 0 Å². The van der Waals surface area contributed by atoms with Crippen LogP contribution in [0.3, 0.4) is 0 Å². The highest BCUT2D eigenvalue weighted by molar-refractivity contribution is 8.18. The summed E-state index contributed by atoms with van der Waals surface area (Å²) >= 11 is 1.17. The molecule has 1 fully saturated rings. The lowest BCUT2D eigenvalue weighted by molar-refractivity contribution is -0.121. The van der Waals surface area contributed by atoms with Gasteiger partial charge in [0.05, 0.1) is 22.4 Å². The molecule has 1 N–H and O–H groups in total. The summed E-state index contributed by atoms with van der Waals surface area (Å²) in [5.74, 6) is -0.701. The molecule has 0 radical (unpaired) electrons. The normalized spacial score (nSPS) is 18.1. The highest BCUT2D eigenvalue weighted by atomic mass is 32.2. The number of hydrogen-bond acceptors (Lipinski definition) is 5. The van der Waals surface area contributed by atoms with Crippen molar-refractivity contribution < 1.29 is 19.1 Å². The van der Waals surface area contributed by atoms with Gasteiger partial charge in [-0.2, -0.15) is 0 Å². The summed E-state index contributed by atoms with van der Waals surface area (Å²) < 4.78 is 5.21. The van der Waals surface area contributed by atoms with Crippen molar-refractivity contribution in [2.24, 2.45) is 4.99 Å². The maximum Gasteiger partial charge on any atom is 0.337 e. The lowest BCUT2D eigenvalue weighted by Crippen LogP contribution is -2.23. The van der Waals surface area contributed by atoms with E-state index in [1.165, 1.54) is 29.0 Å². The van der Waals surface area contributed by atoms with Crippen LogP contribution in [-0.2, 0) is 4.79 Å². The van der Waals surface area contributed by atoms with Crippen molar-refractivity contribution in [1.29, 1.82) is 0 Å². The summed E-state index contributed by atoms with van der Waals surface area (Å²) in [5.41, 5.74) is 0.395. The monoisotopic (exact) mass is 328 g/mol. The molecular weight excluding hydrogens is 316 g/mol. The molecule has 2 aromatic rings. The first kappa shape index (κ1) is 15.1. The SMILES string of the molecule is CN1C(=O)/C(=C/c2ccco2)SC1=Nc1ccccc1C(=O)O. The van der Waals surface area contributed by atoms with Crippen molar-refractivity contribution in [3.05, 3.63) is 58.9 Å². The first-order valence-electron chi connectivity index (χ1n) is 6.68. The van der Waals surface area contributed by atoms with E-state index in [2.05, 4.69) is 4.99 Å². The molecule has 0 saturated carbocycles. The van der Waals surface area contributed by atoms with Crippen molar-refractivity contribution >= 4 is 40.6 Å². The van der Waals surface area contributed by atoms with Gasteiger partial charge in [0.25, 0.3) is 5.91 Å². The highest BCUT2D eigenvalue weighted by Crippen LogP contribution is 2.33. The van der Waals surface area contributed by atoms with Crippen molar-refractivity contribution in [3.63, 3.8) is 0 Å². The fraction of sp³-hybridized carbons (Fsp3) is 0.0625. The summed E-state index contributed by atoms with van der Waals surface area (Å²) in [7, 11) is 1.60. The van der Waals surface area contributed by atoms with Gasteiger partial charge in [-0.25, -0.2) is 9.79 Å². The molecule has 1 aromatic heterocycles. The van der Waals surface area contributed by atoms with Gasteiger partial charge in [0.2, 0.25) is 0 Å². The zero-order chi connectivity index (χ0) is 16.4. The summed E-state index contributed by atoms with van der Waals surface area (Å²) in [6.07, 6.45) is 3.16. The zero-order valence-electron chi connectivity index (χ0n) is 12.1. The molecule has 0 spiro atoms. The van der Waals surface area contributed by atoms with Crippen LogP contribution in [-0.4, -0.2) is 34.1 Å². The quantitative estimate of drug-likeness (QED) is 0.875. The molecule has 1 aliphatic heterocycles. The van der Waals surface area contributed by atoms with Crippen LogP contribution in [0.4, 0.5) is 5.69 Å². The van der Waals surface area contributed by atoms with Crippen LogP contribution in [0.15, 0.2) is 57.0 Å². The predicted octanol–water partition coefficient (Wildman–Crippen LogP) is 3.21. The Kier molecular flexibility index (Phi) is 4.03. The minimum atomic E-state index is -1.06. The molecule has 1 aliphatic rings. The molecule has 6 nitrogen and oxygen atoms in total. The lowest BCUT2D eigenvalue weighted by atomic mass is 10.2. The minimum Gasteiger partial charge on any atom is -0.478 e. The Bertz CT molecular complexity index is 824. The third-order valence-electron chi connectivity index (χ3n) is 3.17. The van der Waals surface area contributed by atoms with E-state index in [1.54, 1.807) is 43.5 Å². The van der Waals surface area contributed by atoms with Gasteiger partial charge in [-0.15, -0.1) is 0 Å². The van der Waals surface area contributed by atoms with Gasteiger partial charge in [-0.3, -0.25) is 9.69 Å². The summed E-state index contributed by atoms with van der Waals surface area (Å²) in [6.45, 7) is 0. The van der Waals surface area contributed by atoms with E-state index >= 15 is 0 Å². The average molecular weight is 328 g/mol. The summed E-state index contributed by atoms with van der Waals surface area (Å²) in [6, 6.07) is 9.89. The van der Waals surface area contributed by atoms with Crippen molar-refractivity contribution in [2.75, 3.05) is 7.05 Å². The molecule has 1 saturated heterocycles. The molecule has 0 unspecified atom stereocenters. The van der Waals surface area contributed by atoms with Crippen LogP contribution < -0.4 is 0 Å². The van der Waals surface area contributed by atoms with Crippen LogP contribution >= 0.6 is 11.8 Å². The van der Waals surface area contributed by atoms with Gasteiger partial charge in [-0.05, 0) is 36.0 Å². The number of nitrogens with zero attached hydrogens (tertiary/aromatic N) is 2. The van der Waals surface area contributed by atoms with E-state index in [-0.39, 0.29) is 11.5 Å². The number of aromatic carboxylic acids is 1. The number of furan rings is 1. The standard InChI is InChI=1S/C16H12N2O4S/c1-18-14(19)13(9-10-5-4-8-22-10)23-16(18)17-12-7-3-2-6-11(12)15(20)21/h2-9H,1H3,(H,20,21)/b13-9-,17-16?. The molecule has 0 atom stereocenters. The molecule has 3 rings (SSSR count). The Hall–Kier alpha value is -2.80. The Morgan fingerprint density at radius 3 is 2.78 bits per heavy atom. The number of para-hydroxylation sites is 1. The smallest absolute Gasteiger partial charge is 0.337 e. The fourth-order valence-electron chi connectivity index (χ4n) is 2.01. The number of hydrogen-bond donors (Lipinski definition) is 1. The van der Waals surface area contributed by atoms with Crippen LogP contribution in [0, 0.1) is 0 Å². The van der Waals surface area contributed by atoms with Crippen LogP contribution in [0.5, 0.6) is 0 Å². The van der Waals surface area contributed by atoms with Crippen molar-refractivity contribution in [2.45, 2.75) is 0 Å². The fourth-order valence-corrected chi connectivity index (χ4v) is 2.97. The molecule has 23 heavy (non-hydrogen) atoms. The minimum absolute atomic E-state index is 0.0879. The van der Waals surface area contributed by atoms with E-state index in [1.807, 2.05) is 0 Å². The molecular formula is C16H12N2O4S. The van der Waals surface area contributed by atoms with E-state index < -0.39 is 5.97 Å². The number of rotatable bonds is 3. The summed E-state index contributed by atoms with van der Waals surface area (Å²) in [5, 5.41) is 9.62. The second kappa shape index (κ2) is 6.13. The van der Waals surface area contributed by atoms with E-state index in [0.29, 0.717) is 21.5 Å².